The lowest BCUT2D eigenvalue weighted by atomic mass is 10.0. The fraction of sp³-hybridized carbons (Fsp3) is 0.120. The van der Waals surface area contributed by atoms with E-state index in [4.69, 9.17) is 14.7 Å². The molecule has 0 spiro atoms. The molecule has 3 rings (SSSR count). The summed E-state index contributed by atoms with van der Waals surface area (Å²) in [6, 6.07) is 21.3. The third-order valence-electron chi connectivity index (χ3n) is 4.84. The van der Waals surface area contributed by atoms with E-state index in [1.807, 2.05) is 42.5 Å². The van der Waals surface area contributed by atoms with Crippen LogP contribution in [0.3, 0.4) is 0 Å². The molecular formula is C25H24N2O5. The second-order valence-electron chi connectivity index (χ2n) is 6.88. The van der Waals surface area contributed by atoms with Gasteiger partial charge >= 0.3 is 0 Å². The second kappa shape index (κ2) is 10.8. The van der Waals surface area contributed by atoms with E-state index < -0.39 is 5.91 Å². The molecule has 164 valence electrons. The molecular weight excluding hydrogens is 408 g/mol. The molecule has 3 aromatic carbocycles. The van der Waals surface area contributed by atoms with Gasteiger partial charge in [-0.05, 0) is 59.2 Å². The molecule has 0 saturated carbocycles. The molecule has 7 nitrogen and oxygen atoms in total. The van der Waals surface area contributed by atoms with Crippen molar-refractivity contribution in [2.24, 2.45) is 0 Å². The van der Waals surface area contributed by atoms with E-state index in [2.05, 4.69) is 5.32 Å². The molecule has 0 fully saturated rings. The van der Waals surface area contributed by atoms with Gasteiger partial charge in [-0.1, -0.05) is 36.4 Å². The average molecular weight is 432 g/mol. The van der Waals surface area contributed by atoms with Gasteiger partial charge in [-0.15, -0.1) is 0 Å². The Morgan fingerprint density at radius 1 is 0.812 bits per heavy atom. The number of carbonyl (C=O) groups is 2. The van der Waals surface area contributed by atoms with Gasteiger partial charge in [0.2, 0.25) is 0 Å². The summed E-state index contributed by atoms with van der Waals surface area (Å²) in [5.41, 5.74) is 4.81. The van der Waals surface area contributed by atoms with Crippen LogP contribution in [0.25, 0.3) is 11.6 Å². The summed E-state index contributed by atoms with van der Waals surface area (Å²) in [4.78, 5) is 24.5. The third kappa shape index (κ3) is 5.74. The zero-order valence-electron chi connectivity index (χ0n) is 17.8. The van der Waals surface area contributed by atoms with Crippen molar-refractivity contribution >= 4 is 23.5 Å². The van der Waals surface area contributed by atoms with Crippen LogP contribution in [0.4, 0.5) is 0 Å². The number of hydrogen-bond donors (Lipinski definition) is 3. The van der Waals surface area contributed by atoms with Crippen LogP contribution in [0.5, 0.6) is 11.5 Å². The molecule has 0 aliphatic heterocycles. The third-order valence-corrected chi connectivity index (χ3v) is 4.84. The highest BCUT2D eigenvalue weighted by atomic mass is 16.5. The number of hydrogen-bond acceptors (Lipinski definition) is 5. The number of methoxy groups -OCH3 is 2. The van der Waals surface area contributed by atoms with Crippen molar-refractivity contribution in [1.29, 1.82) is 0 Å². The monoisotopic (exact) mass is 432 g/mol. The van der Waals surface area contributed by atoms with E-state index in [0.29, 0.717) is 16.9 Å². The summed E-state index contributed by atoms with van der Waals surface area (Å²) in [7, 11) is 3.19. The molecule has 0 aliphatic carbocycles. The van der Waals surface area contributed by atoms with Crippen LogP contribution < -0.4 is 20.3 Å². The maximum Gasteiger partial charge on any atom is 0.274 e. The largest absolute Gasteiger partial charge is 0.497 e. The number of ether oxygens (including phenoxy) is 2. The van der Waals surface area contributed by atoms with Crippen molar-refractivity contribution in [2.45, 2.75) is 6.54 Å². The maximum absolute atomic E-state index is 13.1. The van der Waals surface area contributed by atoms with Crippen LogP contribution in [0, 0.1) is 0 Å². The predicted molar refractivity (Wildman–Crippen MR) is 121 cm³/mol. The molecule has 0 saturated heterocycles. The summed E-state index contributed by atoms with van der Waals surface area (Å²) in [6.45, 7) is 0.274. The second-order valence-corrected chi connectivity index (χ2v) is 6.88. The quantitative estimate of drug-likeness (QED) is 0.218. The SMILES string of the molecule is COc1ccc(/C=C(/C(=O)NCc2ccc(C(=O)NO)cc2)c2ccc(OC)cc2)cc1. The van der Waals surface area contributed by atoms with Crippen LogP contribution in [-0.2, 0) is 11.3 Å². The van der Waals surface area contributed by atoms with Crippen molar-refractivity contribution in [2.75, 3.05) is 14.2 Å². The Balaban J connectivity index is 1.82. The normalized spacial score (nSPS) is 10.9. The molecule has 3 aromatic rings. The maximum atomic E-state index is 13.1. The Bertz CT molecular complexity index is 1090. The van der Waals surface area contributed by atoms with Gasteiger partial charge in [0, 0.05) is 17.7 Å². The molecule has 0 unspecified atom stereocenters. The lowest BCUT2D eigenvalue weighted by molar-refractivity contribution is -0.115. The van der Waals surface area contributed by atoms with Crippen LogP contribution in [0.2, 0.25) is 0 Å². The van der Waals surface area contributed by atoms with Gasteiger partial charge in [-0.2, -0.15) is 0 Å². The van der Waals surface area contributed by atoms with Crippen LogP contribution in [0.1, 0.15) is 27.0 Å². The lowest BCUT2D eigenvalue weighted by Gasteiger charge is -2.11. The Morgan fingerprint density at radius 2 is 1.34 bits per heavy atom. The van der Waals surface area contributed by atoms with Gasteiger partial charge in [0.25, 0.3) is 11.8 Å². The molecule has 0 heterocycles. The van der Waals surface area contributed by atoms with Crippen molar-refractivity contribution in [3.05, 3.63) is 95.1 Å². The molecule has 0 atom stereocenters. The standard InChI is InChI=1S/C25H24N2O5/c1-31-21-11-5-17(6-12-21)15-23(19-9-13-22(32-2)14-10-19)25(29)26-16-18-3-7-20(8-4-18)24(28)27-30/h3-15,30H,16H2,1-2H3,(H,26,29)(H,27,28)/b23-15+. The van der Waals surface area contributed by atoms with Crippen molar-refractivity contribution < 1.29 is 24.3 Å². The van der Waals surface area contributed by atoms with E-state index in [-0.39, 0.29) is 12.5 Å². The first kappa shape index (κ1) is 22.6. The number of benzene rings is 3. The number of nitrogens with one attached hydrogen (secondary N) is 2. The predicted octanol–water partition coefficient (Wildman–Crippen LogP) is 3.68. The minimum absolute atomic E-state index is 0.247. The van der Waals surface area contributed by atoms with Gasteiger partial charge in [0.05, 0.1) is 14.2 Å². The number of hydroxylamine groups is 1. The average Bonchev–Trinajstić information content (AvgIpc) is 2.86. The Morgan fingerprint density at radius 3 is 1.88 bits per heavy atom. The molecule has 7 heteroatoms. The Labute approximate surface area is 186 Å². The first-order valence-corrected chi connectivity index (χ1v) is 9.86. The fourth-order valence-corrected chi connectivity index (χ4v) is 3.03. The van der Waals surface area contributed by atoms with Crippen molar-refractivity contribution in [1.82, 2.24) is 10.8 Å². The smallest absolute Gasteiger partial charge is 0.274 e. The molecule has 0 aliphatic rings. The molecule has 2 amide bonds. The van der Waals surface area contributed by atoms with Crippen molar-refractivity contribution in [3.63, 3.8) is 0 Å². The highest BCUT2D eigenvalue weighted by Crippen LogP contribution is 2.23. The molecule has 32 heavy (non-hydrogen) atoms. The zero-order valence-corrected chi connectivity index (χ0v) is 17.8. The topological polar surface area (TPSA) is 96.9 Å². The van der Waals surface area contributed by atoms with Gasteiger partial charge in [0.1, 0.15) is 11.5 Å². The summed E-state index contributed by atoms with van der Waals surface area (Å²) in [6.07, 6.45) is 1.81. The summed E-state index contributed by atoms with van der Waals surface area (Å²) in [5, 5.41) is 11.6. The summed E-state index contributed by atoms with van der Waals surface area (Å²) in [5.74, 6) is 0.592. The minimum Gasteiger partial charge on any atom is -0.497 e. The molecule has 0 radical (unpaired) electrons. The van der Waals surface area contributed by atoms with E-state index in [1.165, 1.54) is 0 Å². The summed E-state index contributed by atoms with van der Waals surface area (Å²) >= 11 is 0. The summed E-state index contributed by atoms with van der Waals surface area (Å²) < 4.78 is 10.4. The van der Waals surface area contributed by atoms with E-state index >= 15 is 0 Å². The highest BCUT2D eigenvalue weighted by Gasteiger charge is 2.13. The van der Waals surface area contributed by atoms with Gasteiger partial charge in [0.15, 0.2) is 0 Å². The first-order valence-electron chi connectivity index (χ1n) is 9.86. The van der Waals surface area contributed by atoms with Gasteiger partial charge < -0.3 is 14.8 Å². The van der Waals surface area contributed by atoms with Crippen LogP contribution in [0.15, 0.2) is 72.8 Å². The molecule has 0 aromatic heterocycles. The lowest BCUT2D eigenvalue weighted by Crippen LogP contribution is -2.24. The zero-order chi connectivity index (χ0) is 22.9. The highest BCUT2D eigenvalue weighted by molar-refractivity contribution is 6.24. The first-order chi connectivity index (χ1) is 15.5. The van der Waals surface area contributed by atoms with Crippen LogP contribution >= 0.6 is 0 Å². The molecule has 0 bridgehead atoms. The van der Waals surface area contributed by atoms with Gasteiger partial charge in [-0.25, -0.2) is 5.48 Å². The number of carbonyl (C=O) groups excluding carboxylic acids is 2. The van der Waals surface area contributed by atoms with E-state index in [1.54, 1.807) is 56.1 Å². The fourth-order valence-electron chi connectivity index (χ4n) is 3.03. The van der Waals surface area contributed by atoms with E-state index in [0.717, 1.165) is 22.4 Å². The molecule has 3 N–H and O–H groups in total. The van der Waals surface area contributed by atoms with E-state index in [9.17, 15) is 9.59 Å². The van der Waals surface area contributed by atoms with Gasteiger partial charge in [-0.3, -0.25) is 14.8 Å². The number of rotatable bonds is 8. The van der Waals surface area contributed by atoms with Crippen molar-refractivity contribution in [3.8, 4) is 11.5 Å². The van der Waals surface area contributed by atoms with Crippen LogP contribution in [-0.4, -0.2) is 31.2 Å². The Kier molecular flexibility index (Phi) is 7.61. The Hall–Kier alpha value is -4.10. The minimum atomic E-state index is -0.593. The number of amides is 2.